The van der Waals surface area contributed by atoms with Gasteiger partial charge in [0.2, 0.25) is 5.91 Å². The van der Waals surface area contributed by atoms with Gasteiger partial charge in [-0.25, -0.2) is 0 Å². The molecular weight excluding hydrogens is 372 g/mol. The summed E-state index contributed by atoms with van der Waals surface area (Å²) >= 11 is 1.30. The van der Waals surface area contributed by atoms with Crippen molar-refractivity contribution in [1.82, 2.24) is 20.1 Å². The highest BCUT2D eigenvalue weighted by Gasteiger charge is 2.17. The first-order valence-electron chi connectivity index (χ1n) is 8.89. The fourth-order valence-corrected chi connectivity index (χ4v) is 3.55. The van der Waals surface area contributed by atoms with Crippen molar-refractivity contribution in [1.29, 1.82) is 0 Å². The summed E-state index contributed by atoms with van der Waals surface area (Å²) in [5, 5.41) is 22.1. The van der Waals surface area contributed by atoms with Gasteiger partial charge in [0.1, 0.15) is 5.75 Å². The first kappa shape index (κ1) is 19.7. The quantitative estimate of drug-likeness (QED) is 0.449. The minimum atomic E-state index is -0.0846. The molecule has 0 radical (unpaired) electrons. The van der Waals surface area contributed by atoms with Gasteiger partial charge in [0.05, 0.1) is 17.4 Å². The fraction of sp³-hybridized carbons (Fsp3) is 0.190. The SMILES string of the molecule is C=CCn1c(SCC(=O)N[C@H](C)c2ccccc2)nnc1-c1ccccc1O. The Balaban J connectivity index is 1.70. The highest BCUT2D eigenvalue weighted by atomic mass is 32.2. The molecule has 0 aliphatic rings. The average Bonchev–Trinajstić information content (AvgIpc) is 3.10. The summed E-state index contributed by atoms with van der Waals surface area (Å²) in [4.78, 5) is 12.4. The van der Waals surface area contributed by atoms with E-state index in [4.69, 9.17) is 0 Å². The van der Waals surface area contributed by atoms with Crippen LogP contribution in [0.1, 0.15) is 18.5 Å². The van der Waals surface area contributed by atoms with Crippen LogP contribution in [0, 0.1) is 0 Å². The number of aromatic hydroxyl groups is 1. The van der Waals surface area contributed by atoms with Crippen molar-refractivity contribution in [3.05, 3.63) is 72.8 Å². The second-order valence-electron chi connectivity index (χ2n) is 6.21. The number of nitrogens with one attached hydrogen (secondary N) is 1. The molecule has 1 amide bonds. The predicted octanol–water partition coefficient (Wildman–Crippen LogP) is 3.81. The number of rotatable bonds is 8. The number of hydrogen-bond donors (Lipinski definition) is 2. The molecule has 0 saturated carbocycles. The van der Waals surface area contributed by atoms with Crippen molar-refractivity contribution >= 4 is 17.7 Å². The lowest BCUT2D eigenvalue weighted by Gasteiger charge is -2.14. The van der Waals surface area contributed by atoms with Crippen LogP contribution in [0.15, 0.2) is 72.4 Å². The Morgan fingerprint density at radius 1 is 1.21 bits per heavy atom. The van der Waals surface area contributed by atoms with Crippen LogP contribution in [0.5, 0.6) is 5.75 Å². The molecule has 0 saturated heterocycles. The molecule has 2 aromatic carbocycles. The third-order valence-electron chi connectivity index (χ3n) is 4.18. The monoisotopic (exact) mass is 394 g/mol. The second kappa shape index (κ2) is 9.23. The van der Waals surface area contributed by atoms with Crippen LogP contribution < -0.4 is 5.32 Å². The number of amides is 1. The van der Waals surface area contributed by atoms with E-state index in [0.29, 0.717) is 23.1 Å². The second-order valence-corrected chi connectivity index (χ2v) is 7.15. The number of aromatic nitrogens is 3. The Morgan fingerprint density at radius 2 is 1.93 bits per heavy atom. The highest BCUT2D eigenvalue weighted by Crippen LogP contribution is 2.30. The molecule has 3 rings (SSSR count). The van der Waals surface area contributed by atoms with Crippen LogP contribution in [-0.2, 0) is 11.3 Å². The Kier molecular flexibility index (Phi) is 6.49. The summed E-state index contributed by atoms with van der Waals surface area (Å²) in [7, 11) is 0. The normalized spacial score (nSPS) is 11.8. The molecule has 0 aliphatic carbocycles. The number of phenols is 1. The minimum Gasteiger partial charge on any atom is -0.507 e. The number of allylic oxidation sites excluding steroid dienone is 1. The van der Waals surface area contributed by atoms with E-state index in [1.807, 2.05) is 47.9 Å². The number of hydrogen-bond acceptors (Lipinski definition) is 5. The van der Waals surface area contributed by atoms with Gasteiger partial charge in [-0.2, -0.15) is 0 Å². The van der Waals surface area contributed by atoms with Gasteiger partial charge in [-0.1, -0.05) is 60.3 Å². The maximum absolute atomic E-state index is 12.4. The summed E-state index contributed by atoms with van der Waals surface area (Å²) in [5.74, 6) is 0.802. The first-order chi connectivity index (χ1) is 13.6. The van der Waals surface area contributed by atoms with E-state index in [1.54, 1.807) is 24.3 Å². The van der Waals surface area contributed by atoms with Gasteiger partial charge in [0, 0.05) is 6.54 Å². The van der Waals surface area contributed by atoms with E-state index in [0.717, 1.165) is 5.56 Å². The molecule has 0 unspecified atom stereocenters. The number of nitrogens with zero attached hydrogens (tertiary/aromatic N) is 3. The van der Waals surface area contributed by atoms with Gasteiger partial charge in [-0.05, 0) is 24.6 Å². The van der Waals surface area contributed by atoms with Crippen molar-refractivity contribution in [3.8, 4) is 17.1 Å². The lowest BCUT2D eigenvalue weighted by atomic mass is 10.1. The number of carbonyl (C=O) groups is 1. The summed E-state index contributed by atoms with van der Waals surface area (Å²) < 4.78 is 1.83. The maximum atomic E-state index is 12.4. The fourth-order valence-electron chi connectivity index (χ4n) is 2.79. The van der Waals surface area contributed by atoms with Crippen LogP contribution in [0.3, 0.4) is 0 Å². The van der Waals surface area contributed by atoms with E-state index in [2.05, 4.69) is 22.1 Å². The van der Waals surface area contributed by atoms with Crippen LogP contribution in [0.4, 0.5) is 0 Å². The van der Waals surface area contributed by atoms with Crippen LogP contribution in [0.25, 0.3) is 11.4 Å². The number of para-hydroxylation sites is 1. The van der Waals surface area contributed by atoms with Crippen LogP contribution in [0.2, 0.25) is 0 Å². The molecule has 0 bridgehead atoms. The maximum Gasteiger partial charge on any atom is 0.230 e. The Morgan fingerprint density at radius 3 is 2.64 bits per heavy atom. The van der Waals surface area contributed by atoms with Gasteiger partial charge < -0.3 is 10.4 Å². The standard InChI is InChI=1S/C21H22N4O2S/c1-3-13-25-20(17-11-7-8-12-18(17)26)23-24-21(25)28-14-19(27)22-15(2)16-9-5-4-6-10-16/h3-12,15,26H,1,13-14H2,2H3,(H,22,27)/t15-/m1/s1. The lowest BCUT2D eigenvalue weighted by molar-refractivity contribution is -0.119. The number of thioether (sulfide) groups is 1. The van der Waals surface area contributed by atoms with Gasteiger partial charge >= 0.3 is 0 Å². The Hall–Kier alpha value is -3.06. The molecule has 144 valence electrons. The first-order valence-corrected chi connectivity index (χ1v) is 9.88. The minimum absolute atomic E-state index is 0.0721. The predicted molar refractivity (Wildman–Crippen MR) is 111 cm³/mol. The van der Waals surface area contributed by atoms with Gasteiger partial charge in [0.15, 0.2) is 11.0 Å². The largest absolute Gasteiger partial charge is 0.507 e. The van der Waals surface area contributed by atoms with Crippen LogP contribution in [-0.4, -0.2) is 31.5 Å². The van der Waals surface area contributed by atoms with E-state index in [-0.39, 0.29) is 23.5 Å². The molecule has 3 aromatic rings. The van der Waals surface area contributed by atoms with Crippen molar-refractivity contribution in [2.45, 2.75) is 24.7 Å². The lowest BCUT2D eigenvalue weighted by Crippen LogP contribution is -2.28. The highest BCUT2D eigenvalue weighted by molar-refractivity contribution is 7.99. The number of benzene rings is 2. The Bertz CT molecular complexity index is 956. The third kappa shape index (κ3) is 4.61. The van der Waals surface area contributed by atoms with Crippen molar-refractivity contribution in [2.75, 3.05) is 5.75 Å². The summed E-state index contributed by atoms with van der Waals surface area (Å²) in [6, 6.07) is 16.7. The van der Waals surface area contributed by atoms with E-state index in [1.165, 1.54) is 11.8 Å². The Labute approximate surface area is 168 Å². The molecule has 1 aromatic heterocycles. The van der Waals surface area contributed by atoms with E-state index < -0.39 is 0 Å². The van der Waals surface area contributed by atoms with Crippen molar-refractivity contribution in [3.63, 3.8) is 0 Å². The summed E-state index contributed by atoms with van der Waals surface area (Å²) in [6.45, 7) is 6.20. The summed E-state index contributed by atoms with van der Waals surface area (Å²) in [5.41, 5.74) is 1.64. The zero-order valence-corrected chi connectivity index (χ0v) is 16.4. The topological polar surface area (TPSA) is 80.0 Å². The van der Waals surface area contributed by atoms with Gasteiger partial charge in [-0.3, -0.25) is 9.36 Å². The molecule has 0 fully saturated rings. The number of phenolic OH excluding ortho intramolecular Hbond substituents is 1. The molecular formula is C21H22N4O2S. The van der Waals surface area contributed by atoms with Crippen molar-refractivity contribution in [2.24, 2.45) is 0 Å². The third-order valence-corrected chi connectivity index (χ3v) is 5.15. The van der Waals surface area contributed by atoms with Crippen LogP contribution >= 0.6 is 11.8 Å². The average molecular weight is 395 g/mol. The molecule has 7 heteroatoms. The molecule has 1 heterocycles. The molecule has 0 aliphatic heterocycles. The molecule has 2 N–H and O–H groups in total. The zero-order valence-electron chi connectivity index (χ0n) is 15.6. The van der Waals surface area contributed by atoms with E-state index >= 15 is 0 Å². The summed E-state index contributed by atoms with van der Waals surface area (Å²) in [6.07, 6.45) is 1.73. The molecule has 28 heavy (non-hydrogen) atoms. The van der Waals surface area contributed by atoms with Gasteiger partial charge in [-0.15, -0.1) is 16.8 Å². The smallest absolute Gasteiger partial charge is 0.230 e. The molecule has 6 nitrogen and oxygen atoms in total. The molecule has 0 spiro atoms. The molecule has 1 atom stereocenters. The zero-order chi connectivity index (χ0) is 19.9. The van der Waals surface area contributed by atoms with E-state index in [9.17, 15) is 9.90 Å². The van der Waals surface area contributed by atoms with Crippen molar-refractivity contribution < 1.29 is 9.90 Å². The number of carbonyl (C=O) groups excluding carboxylic acids is 1. The van der Waals surface area contributed by atoms with Gasteiger partial charge in [0.25, 0.3) is 0 Å².